The second-order valence-electron chi connectivity index (χ2n) is 6.57. The molecule has 134 valence electrons. The SMILES string of the molecule is O=C(Oc1ccccc1)Oc1cccc2c1ccc1c3ccccc3ccc21. The molecule has 0 spiro atoms. The summed E-state index contributed by atoms with van der Waals surface area (Å²) < 4.78 is 10.8. The lowest BCUT2D eigenvalue weighted by atomic mass is 9.97. The summed E-state index contributed by atoms with van der Waals surface area (Å²) in [6.45, 7) is 0. The highest BCUT2D eigenvalue weighted by molar-refractivity contribution is 6.18. The lowest BCUT2D eigenvalue weighted by Crippen LogP contribution is -2.13. The highest BCUT2D eigenvalue weighted by Crippen LogP contribution is 2.35. The van der Waals surface area contributed by atoms with Gasteiger partial charge in [-0.15, -0.1) is 0 Å². The van der Waals surface area contributed by atoms with Crippen molar-refractivity contribution in [3.63, 3.8) is 0 Å². The number of carbonyl (C=O) groups is 1. The molecule has 3 heteroatoms. The van der Waals surface area contributed by atoms with Gasteiger partial charge in [-0.3, -0.25) is 0 Å². The zero-order valence-electron chi connectivity index (χ0n) is 15.0. The molecule has 28 heavy (non-hydrogen) atoms. The largest absolute Gasteiger partial charge is 0.519 e. The number of ether oxygens (including phenoxy) is 2. The Morgan fingerprint density at radius 1 is 0.500 bits per heavy atom. The monoisotopic (exact) mass is 364 g/mol. The van der Waals surface area contributed by atoms with E-state index in [1.54, 1.807) is 30.3 Å². The van der Waals surface area contributed by atoms with Gasteiger partial charge in [-0.25, -0.2) is 4.79 Å². The molecule has 0 unspecified atom stereocenters. The molecule has 0 amide bonds. The first kappa shape index (κ1) is 16.3. The third kappa shape index (κ3) is 2.83. The van der Waals surface area contributed by atoms with Crippen molar-refractivity contribution in [3.8, 4) is 11.5 Å². The molecule has 0 bridgehead atoms. The van der Waals surface area contributed by atoms with Crippen molar-refractivity contribution in [2.75, 3.05) is 0 Å². The van der Waals surface area contributed by atoms with Crippen LogP contribution in [0, 0.1) is 0 Å². The van der Waals surface area contributed by atoms with Crippen molar-refractivity contribution in [2.45, 2.75) is 0 Å². The molecule has 0 radical (unpaired) electrons. The predicted molar refractivity (Wildman–Crippen MR) is 112 cm³/mol. The van der Waals surface area contributed by atoms with Gasteiger partial charge in [0.25, 0.3) is 0 Å². The summed E-state index contributed by atoms with van der Waals surface area (Å²) in [5, 5.41) is 6.61. The Morgan fingerprint density at radius 2 is 1.14 bits per heavy atom. The summed E-state index contributed by atoms with van der Waals surface area (Å²) in [7, 11) is 0. The van der Waals surface area contributed by atoms with Crippen LogP contribution in [0.5, 0.6) is 11.5 Å². The number of hydrogen-bond donors (Lipinski definition) is 0. The second-order valence-corrected chi connectivity index (χ2v) is 6.57. The average molecular weight is 364 g/mol. The van der Waals surface area contributed by atoms with Crippen molar-refractivity contribution in [1.29, 1.82) is 0 Å². The Kier molecular flexibility index (Phi) is 3.91. The Hall–Kier alpha value is -3.85. The smallest absolute Gasteiger partial charge is 0.395 e. The van der Waals surface area contributed by atoms with Gasteiger partial charge in [-0.05, 0) is 51.2 Å². The molecule has 5 aromatic carbocycles. The molecule has 0 aliphatic heterocycles. The second kappa shape index (κ2) is 6.71. The third-order valence-corrected chi connectivity index (χ3v) is 4.88. The molecule has 0 saturated carbocycles. The van der Waals surface area contributed by atoms with Crippen LogP contribution in [0.3, 0.4) is 0 Å². The van der Waals surface area contributed by atoms with E-state index in [9.17, 15) is 4.79 Å². The molecule has 0 N–H and O–H groups in total. The molecule has 0 heterocycles. The van der Waals surface area contributed by atoms with E-state index in [1.165, 1.54) is 16.2 Å². The Labute approximate surface area is 161 Å². The maximum Gasteiger partial charge on any atom is 0.519 e. The molecule has 5 rings (SSSR count). The third-order valence-electron chi connectivity index (χ3n) is 4.88. The van der Waals surface area contributed by atoms with E-state index >= 15 is 0 Å². The summed E-state index contributed by atoms with van der Waals surface area (Å²) >= 11 is 0. The van der Waals surface area contributed by atoms with Gasteiger partial charge in [0.2, 0.25) is 0 Å². The highest BCUT2D eigenvalue weighted by atomic mass is 16.7. The van der Waals surface area contributed by atoms with E-state index in [4.69, 9.17) is 9.47 Å². The van der Waals surface area contributed by atoms with Crippen LogP contribution < -0.4 is 9.47 Å². The minimum absolute atomic E-state index is 0.449. The van der Waals surface area contributed by atoms with Crippen LogP contribution in [0.15, 0.2) is 97.1 Å². The summed E-state index contributed by atoms with van der Waals surface area (Å²) in [6, 6.07) is 31.2. The van der Waals surface area contributed by atoms with Crippen LogP contribution in [0.2, 0.25) is 0 Å². The molecule has 0 saturated heterocycles. The Morgan fingerprint density at radius 3 is 2.04 bits per heavy atom. The average Bonchev–Trinajstić information content (AvgIpc) is 2.74. The maximum absolute atomic E-state index is 12.2. The van der Waals surface area contributed by atoms with Crippen LogP contribution in [0.4, 0.5) is 4.79 Å². The number of hydrogen-bond acceptors (Lipinski definition) is 3. The predicted octanol–water partition coefficient (Wildman–Crippen LogP) is 6.72. The quantitative estimate of drug-likeness (QED) is 0.198. The van der Waals surface area contributed by atoms with Gasteiger partial charge in [0.15, 0.2) is 0 Å². The van der Waals surface area contributed by atoms with E-state index in [0.29, 0.717) is 11.5 Å². The van der Waals surface area contributed by atoms with Gasteiger partial charge in [0.05, 0.1) is 0 Å². The lowest BCUT2D eigenvalue weighted by molar-refractivity contribution is 0.152. The van der Waals surface area contributed by atoms with E-state index in [-0.39, 0.29) is 0 Å². The van der Waals surface area contributed by atoms with Crippen molar-refractivity contribution >= 4 is 38.5 Å². The van der Waals surface area contributed by atoms with Gasteiger partial charge in [-0.1, -0.05) is 72.8 Å². The highest BCUT2D eigenvalue weighted by Gasteiger charge is 2.12. The normalized spacial score (nSPS) is 11.0. The van der Waals surface area contributed by atoms with Crippen molar-refractivity contribution in [2.24, 2.45) is 0 Å². The van der Waals surface area contributed by atoms with Crippen LogP contribution in [0.1, 0.15) is 0 Å². The maximum atomic E-state index is 12.2. The van der Waals surface area contributed by atoms with E-state index < -0.39 is 6.16 Å². The number of para-hydroxylation sites is 1. The first-order chi connectivity index (χ1) is 13.8. The summed E-state index contributed by atoms with van der Waals surface area (Å²) in [5.41, 5.74) is 0. The molecule has 0 aliphatic rings. The first-order valence-electron chi connectivity index (χ1n) is 9.07. The zero-order chi connectivity index (χ0) is 18.9. The molecular weight excluding hydrogens is 348 g/mol. The number of rotatable bonds is 2. The van der Waals surface area contributed by atoms with Gasteiger partial charge < -0.3 is 9.47 Å². The van der Waals surface area contributed by atoms with Gasteiger partial charge in [0.1, 0.15) is 11.5 Å². The van der Waals surface area contributed by atoms with Crippen LogP contribution in [0.25, 0.3) is 32.3 Å². The number of benzene rings is 5. The number of carbonyl (C=O) groups excluding carboxylic acids is 1. The van der Waals surface area contributed by atoms with Crippen molar-refractivity contribution < 1.29 is 14.3 Å². The fourth-order valence-corrected chi connectivity index (χ4v) is 3.61. The van der Waals surface area contributed by atoms with Crippen LogP contribution in [-0.2, 0) is 0 Å². The summed E-state index contributed by atoms with van der Waals surface area (Å²) in [6.07, 6.45) is -0.752. The zero-order valence-corrected chi connectivity index (χ0v) is 15.0. The fourth-order valence-electron chi connectivity index (χ4n) is 3.61. The van der Waals surface area contributed by atoms with E-state index in [2.05, 4.69) is 30.3 Å². The lowest BCUT2D eigenvalue weighted by Gasteiger charge is -2.11. The molecule has 0 aromatic heterocycles. The van der Waals surface area contributed by atoms with Crippen LogP contribution >= 0.6 is 0 Å². The van der Waals surface area contributed by atoms with E-state index in [1.807, 2.05) is 36.4 Å². The molecule has 5 aromatic rings. The fraction of sp³-hybridized carbons (Fsp3) is 0. The molecule has 0 aliphatic carbocycles. The molecule has 0 atom stereocenters. The van der Waals surface area contributed by atoms with Gasteiger partial charge in [-0.2, -0.15) is 0 Å². The summed E-state index contributed by atoms with van der Waals surface area (Å²) in [4.78, 5) is 12.2. The summed E-state index contributed by atoms with van der Waals surface area (Å²) in [5.74, 6) is 0.929. The first-order valence-corrected chi connectivity index (χ1v) is 9.07. The van der Waals surface area contributed by atoms with Crippen LogP contribution in [-0.4, -0.2) is 6.16 Å². The topological polar surface area (TPSA) is 35.5 Å². The standard InChI is InChI=1S/C25H16O3/c26-25(27-18-8-2-1-3-9-18)28-24-12-6-11-20-22-14-13-17-7-4-5-10-19(17)21(22)15-16-23(20)24/h1-16H. The van der Waals surface area contributed by atoms with Gasteiger partial charge in [0, 0.05) is 5.39 Å². The number of fused-ring (bicyclic) bond motifs is 5. The van der Waals surface area contributed by atoms with E-state index in [0.717, 1.165) is 16.2 Å². The minimum Gasteiger partial charge on any atom is -0.395 e. The van der Waals surface area contributed by atoms with Crippen molar-refractivity contribution in [3.05, 3.63) is 97.1 Å². The van der Waals surface area contributed by atoms with Gasteiger partial charge >= 0.3 is 6.16 Å². The Balaban J connectivity index is 1.58. The molecule has 0 fully saturated rings. The van der Waals surface area contributed by atoms with Crippen molar-refractivity contribution in [1.82, 2.24) is 0 Å². The molecule has 3 nitrogen and oxygen atoms in total. The minimum atomic E-state index is -0.752. The molecular formula is C25H16O3. The Bertz CT molecular complexity index is 1320.